The first-order valence-corrected chi connectivity index (χ1v) is 7.34. The standard InChI is InChI=1S/C14H23NOS/c1-4-11(5-2)10-17-14-9-12(16-6-3)7-8-13(14)15/h7-9,11H,4-6,10,15H2,1-3H3. The Hall–Kier alpha value is -0.830. The van der Waals surface area contributed by atoms with E-state index in [4.69, 9.17) is 10.5 Å². The number of hydrogen-bond donors (Lipinski definition) is 1. The highest BCUT2D eigenvalue weighted by Gasteiger charge is 2.07. The van der Waals surface area contributed by atoms with E-state index in [9.17, 15) is 0 Å². The molecule has 0 radical (unpaired) electrons. The first-order chi connectivity index (χ1) is 8.21. The second-order valence-electron chi connectivity index (χ2n) is 4.13. The molecule has 0 saturated carbocycles. The van der Waals surface area contributed by atoms with E-state index in [0.717, 1.165) is 28.0 Å². The maximum Gasteiger partial charge on any atom is 0.120 e. The number of ether oxygens (including phenoxy) is 1. The maximum absolute atomic E-state index is 5.98. The predicted octanol–water partition coefficient (Wildman–Crippen LogP) is 4.20. The molecule has 17 heavy (non-hydrogen) atoms. The Kier molecular flexibility index (Phi) is 6.27. The molecule has 96 valence electrons. The molecule has 0 amide bonds. The third-order valence-electron chi connectivity index (χ3n) is 2.93. The third-order valence-corrected chi connectivity index (χ3v) is 4.23. The molecule has 0 bridgehead atoms. The summed E-state index contributed by atoms with van der Waals surface area (Å²) in [5, 5.41) is 0. The van der Waals surface area contributed by atoms with Crippen molar-refractivity contribution in [3.63, 3.8) is 0 Å². The molecular weight excluding hydrogens is 230 g/mol. The van der Waals surface area contributed by atoms with Crippen LogP contribution in [0, 0.1) is 5.92 Å². The average molecular weight is 253 g/mol. The molecule has 0 spiro atoms. The Balaban J connectivity index is 2.65. The fourth-order valence-electron chi connectivity index (χ4n) is 1.63. The highest BCUT2D eigenvalue weighted by molar-refractivity contribution is 7.99. The van der Waals surface area contributed by atoms with Gasteiger partial charge in [-0.15, -0.1) is 11.8 Å². The van der Waals surface area contributed by atoms with Crippen molar-refractivity contribution in [1.82, 2.24) is 0 Å². The van der Waals surface area contributed by atoms with Crippen molar-refractivity contribution in [3.05, 3.63) is 18.2 Å². The van der Waals surface area contributed by atoms with Gasteiger partial charge in [0.15, 0.2) is 0 Å². The fourth-order valence-corrected chi connectivity index (χ4v) is 2.95. The molecule has 0 aliphatic heterocycles. The lowest BCUT2D eigenvalue weighted by molar-refractivity contribution is 0.339. The summed E-state index contributed by atoms with van der Waals surface area (Å²) in [6.07, 6.45) is 2.46. The zero-order valence-electron chi connectivity index (χ0n) is 11.0. The molecule has 2 N–H and O–H groups in total. The minimum atomic E-state index is 0.695. The highest BCUT2D eigenvalue weighted by Crippen LogP contribution is 2.31. The molecule has 0 saturated heterocycles. The molecule has 3 heteroatoms. The average Bonchev–Trinajstić information content (AvgIpc) is 2.34. The van der Waals surface area contributed by atoms with E-state index in [-0.39, 0.29) is 0 Å². The molecule has 2 nitrogen and oxygen atoms in total. The van der Waals surface area contributed by atoms with Gasteiger partial charge in [0.25, 0.3) is 0 Å². The summed E-state index contributed by atoms with van der Waals surface area (Å²) in [7, 11) is 0. The van der Waals surface area contributed by atoms with Crippen molar-refractivity contribution in [3.8, 4) is 5.75 Å². The van der Waals surface area contributed by atoms with Crippen LogP contribution < -0.4 is 10.5 Å². The van der Waals surface area contributed by atoms with Gasteiger partial charge in [-0.2, -0.15) is 0 Å². The van der Waals surface area contributed by atoms with Gasteiger partial charge in [0.1, 0.15) is 5.75 Å². The summed E-state index contributed by atoms with van der Waals surface area (Å²) in [6.45, 7) is 7.18. The van der Waals surface area contributed by atoms with Crippen LogP contribution in [0.25, 0.3) is 0 Å². The van der Waals surface area contributed by atoms with Crippen LogP contribution in [-0.4, -0.2) is 12.4 Å². The van der Waals surface area contributed by atoms with E-state index in [0.29, 0.717) is 6.61 Å². The van der Waals surface area contributed by atoms with Gasteiger partial charge in [-0.3, -0.25) is 0 Å². The molecule has 0 fully saturated rings. The minimum absolute atomic E-state index is 0.695. The Morgan fingerprint density at radius 2 is 1.94 bits per heavy atom. The molecule has 0 atom stereocenters. The first-order valence-electron chi connectivity index (χ1n) is 6.36. The van der Waals surface area contributed by atoms with Gasteiger partial charge in [0.2, 0.25) is 0 Å². The Morgan fingerprint density at radius 1 is 1.24 bits per heavy atom. The van der Waals surface area contributed by atoms with Crippen LogP contribution in [0.2, 0.25) is 0 Å². The lowest BCUT2D eigenvalue weighted by Crippen LogP contribution is -2.01. The molecule has 0 aromatic heterocycles. The van der Waals surface area contributed by atoms with Crippen molar-refractivity contribution < 1.29 is 4.74 Å². The van der Waals surface area contributed by atoms with Crippen LogP contribution in [0.4, 0.5) is 5.69 Å². The van der Waals surface area contributed by atoms with Crippen molar-refractivity contribution in [2.24, 2.45) is 5.92 Å². The molecule has 1 rings (SSSR count). The van der Waals surface area contributed by atoms with Gasteiger partial charge in [-0.1, -0.05) is 26.7 Å². The predicted molar refractivity (Wildman–Crippen MR) is 76.8 cm³/mol. The molecule has 0 aliphatic carbocycles. The van der Waals surface area contributed by atoms with Crippen LogP contribution in [0.1, 0.15) is 33.6 Å². The van der Waals surface area contributed by atoms with Crippen LogP contribution >= 0.6 is 11.8 Å². The molecule has 1 aromatic rings. The number of nitrogen functional groups attached to an aromatic ring is 1. The third kappa shape index (κ3) is 4.50. The van der Waals surface area contributed by atoms with Crippen molar-refractivity contribution in [1.29, 1.82) is 0 Å². The van der Waals surface area contributed by atoms with E-state index in [1.165, 1.54) is 12.8 Å². The second kappa shape index (κ2) is 7.49. The van der Waals surface area contributed by atoms with Crippen molar-refractivity contribution in [2.45, 2.75) is 38.5 Å². The quantitative estimate of drug-likeness (QED) is 0.584. The molecule has 0 unspecified atom stereocenters. The Bertz CT molecular complexity index is 337. The fraction of sp³-hybridized carbons (Fsp3) is 0.571. The molecular formula is C14H23NOS. The van der Waals surface area contributed by atoms with E-state index < -0.39 is 0 Å². The number of nitrogens with two attached hydrogens (primary N) is 1. The van der Waals surface area contributed by atoms with Gasteiger partial charge >= 0.3 is 0 Å². The van der Waals surface area contributed by atoms with Gasteiger partial charge in [-0.05, 0) is 31.0 Å². The maximum atomic E-state index is 5.98. The monoisotopic (exact) mass is 253 g/mol. The van der Waals surface area contributed by atoms with E-state index in [2.05, 4.69) is 13.8 Å². The smallest absolute Gasteiger partial charge is 0.120 e. The Labute approximate surface area is 109 Å². The number of rotatable bonds is 7. The second-order valence-corrected chi connectivity index (χ2v) is 5.19. The van der Waals surface area contributed by atoms with E-state index >= 15 is 0 Å². The van der Waals surface area contributed by atoms with E-state index in [1.54, 1.807) is 0 Å². The SMILES string of the molecule is CCOc1ccc(N)c(SCC(CC)CC)c1. The minimum Gasteiger partial charge on any atom is -0.494 e. The van der Waals surface area contributed by atoms with Gasteiger partial charge < -0.3 is 10.5 Å². The van der Waals surface area contributed by atoms with Gasteiger partial charge in [-0.25, -0.2) is 0 Å². The number of anilines is 1. The topological polar surface area (TPSA) is 35.2 Å². The van der Waals surface area contributed by atoms with E-state index in [1.807, 2.05) is 36.9 Å². The van der Waals surface area contributed by atoms with Crippen molar-refractivity contribution >= 4 is 17.4 Å². The Morgan fingerprint density at radius 3 is 2.53 bits per heavy atom. The zero-order chi connectivity index (χ0) is 12.7. The van der Waals surface area contributed by atoms with Crippen molar-refractivity contribution in [2.75, 3.05) is 18.1 Å². The number of benzene rings is 1. The lowest BCUT2D eigenvalue weighted by Gasteiger charge is -2.13. The summed E-state index contributed by atoms with van der Waals surface area (Å²) in [6, 6.07) is 5.91. The zero-order valence-corrected chi connectivity index (χ0v) is 11.8. The van der Waals surface area contributed by atoms with Crippen LogP contribution in [0.15, 0.2) is 23.1 Å². The van der Waals surface area contributed by atoms with Gasteiger partial charge in [0.05, 0.1) is 6.61 Å². The summed E-state index contributed by atoms with van der Waals surface area (Å²) >= 11 is 1.84. The van der Waals surface area contributed by atoms with Crippen LogP contribution in [-0.2, 0) is 0 Å². The first kappa shape index (κ1) is 14.2. The highest BCUT2D eigenvalue weighted by atomic mass is 32.2. The van der Waals surface area contributed by atoms with Crippen LogP contribution in [0.3, 0.4) is 0 Å². The van der Waals surface area contributed by atoms with Crippen LogP contribution in [0.5, 0.6) is 5.75 Å². The number of thioether (sulfide) groups is 1. The van der Waals surface area contributed by atoms with Gasteiger partial charge in [0, 0.05) is 16.3 Å². The molecule has 1 aromatic carbocycles. The molecule has 0 aliphatic rings. The normalized spacial score (nSPS) is 10.8. The summed E-state index contributed by atoms with van der Waals surface area (Å²) in [4.78, 5) is 1.14. The summed E-state index contributed by atoms with van der Waals surface area (Å²) < 4.78 is 5.49. The number of hydrogen-bond acceptors (Lipinski definition) is 3. The lowest BCUT2D eigenvalue weighted by atomic mass is 10.1. The molecule has 0 heterocycles. The summed E-state index contributed by atoms with van der Waals surface area (Å²) in [5.74, 6) is 2.82. The largest absolute Gasteiger partial charge is 0.494 e. The summed E-state index contributed by atoms with van der Waals surface area (Å²) in [5.41, 5.74) is 6.83.